The highest BCUT2D eigenvalue weighted by atomic mass is 16.2. The molecule has 0 amide bonds. The second kappa shape index (κ2) is 4.72. The van der Waals surface area contributed by atoms with Gasteiger partial charge in [-0.1, -0.05) is 36.4 Å². The number of rotatable bonds is 0. The Morgan fingerprint density at radius 3 is 2.36 bits per heavy atom. The molecular formula is C20H14N2O3. The van der Waals surface area contributed by atoms with E-state index < -0.39 is 5.54 Å². The average Bonchev–Trinajstić information content (AvgIpc) is 2.92. The highest BCUT2D eigenvalue weighted by Crippen LogP contribution is 2.46. The molecule has 5 nitrogen and oxygen atoms in total. The molecule has 1 aliphatic carbocycles. The summed E-state index contributed by atoms with van der Waals surface area (Å²) in [7, 11) is 0. The summed E-state index contributed by atoms with van der Waals surface area (Å²) in [4.78, 5) is 44.0. The number of Topliss-reactive ketones (excluding diaryl/α,β-unsaturated/α-hetero) is 2. The minimum absolute atomic E-state index is 0.214. The van der Waals surface area contributed by atoms with E-state index in [4.69, 9.17) is 0 Å². The van der Waals surface area contributed by atoms with E-state index in [1.807, 2.05) is 18.2 Å². The van der Waals surface area contributed by atoms with Gasteiger partial charge in [0.05, 0.1) is 10.9 Å². The summed E-state index contributed by atoms with van der Waals surface area (Å²) in [6.07, 6.45) is 1.12. The van der Waals surface area contributed by atoms with Crippen LogP contribution in [-0.4, -0.2) is 21.1 Å². The van der Waals surface area contributed by atoms with E-state index >= 15 is 0 Å². The minimum atomic E-state index is -1.54. The molecule has 2 heterocycles. The first-order chi connectivity index (χ1) is 12.2. The molecule has 2 aromatic carbocycles. The lowest BCUT2D eigenvalue weighted by Gasteiger charge is -2.33. The standard InChI is InChI=1S/C20H14N2O3/c23-16-10-5-11-17(24)20(16)14-8-3-1-6-12(14)18-21-15-9-4-2-7-13(15)19(25)22(18)20/h1-4,6-9H,5,10-11H2. The number of para-hydroxylation sites is 1. The third-order valence-electron chi connectivity index (χ3n) is 5.28. The maximum Gasteiger partial charge on any atom is 0.263 e. The van der Waals surface area contributed by atoms with Crippen LogP contribution in [0.15, 0.2) is 53.3 Å². The lowest BCUT2D eigenvalue weighted by molar-refractivity contribution is -0.139. The Morgan fingerprint density at radius 2 is 1.56 bits per heavy atom. The fourth-order valence-electron chi connectivity index (χ4n) is 4.22. The van der Waals surface area contributed by atoms with Crippen LogP contribution in [0, 0.1) is 0 Å². The van der Waals surface area contributed by atoms with Gasteiger partial charge < -0.3 is 0 Å². The van der Waals surface area contributed by atoms with Gasteiger partial charge in [0.2, 0.25) is 0 Å². The lowest BCUT2D eigenvalue weighted by atomic mass is 9.74. The largest absolute Gasteiger partial charge is 0.296 e. The third kappa shape index (κ3) is 1.58. The molecule has 122 valence electrons. The van der Waals surface area contributed by atoms with Gasteiger partial charge in [0, 0.05) is 24.0 Å². The zero-order valence-electron chi connectivity index (χ0n) is 13.4. The fraction of sp³-hybridized carbons (Fsp3) is 0.200. The normalized spacial score (nSPS) is 17.8. The van der Waals surface area contributed by atoms with E-state index in [0.29, 0.717) is 47.1 Å². The Hall–Kier alpha value is -3.08. The van der Waals surface area contributed by atoms with Crippen LogP contribution in [0.4, 0.5) is 0 Å². The topological polar surface area (TPSA) is 69.0 Å². The van der Waals surface area contributed by atoms with Gasteiger partial charge in [-0.05, 0) is 18.6 Å². The second-order valence-corrected chi connectivity index (χ2v) is 6.55. The lowest BCUT2D eigenvalue weighted by Crippen LogP contribution is -2.54. The van der Waals surface area contributed by atoms with Gasteiger partial charge >= 0.3 is 0 Å². The van der Waals surface area contributed by atoms with E-state index in [1.54, 1.807) is 30.3 Å². The summed E-state index contributed by atoms with van der Waals surface area (Å²) in [5.74, 6) is -0.0221. The van der Waals surface area contributed by atoms with Crippen molar-refractivity contribution in [3.8, 4) is 11.4 Å². The molecule has 25 heavy (non-hydrogen) atoms. The first-order valence-corrected chi connectivity index (χ1v) is 8.34. The van der Waals surface area contributed by atoms with Gasteiger partial charge in [0.25, 0.3) is 5.56 Å². The number of aromatic nitrogens is 2. The van der Waals surface area contributed by atoms with Gasteiger partial charge in [0.15, 0.2) is 17.1 Å². The van der Waals surface area contributed by atoms with Crippen molar-refractivity contribution in [1.82, 2.24) is 9.55 Å². The minimum Gasteiger partial charge on any atom is -0.296 e. The third-order valence-corrected chi connectivity index (χ3v) is 5.28. The van der Waals surface area contributed by atoms with Gasteiger partial charge in [-0.3, -0.25) is 19.0 Å². The van der Waals surface area contributed by atoms with E-state index in [0.717, 1.165) is 0 Å². The molecule has 2 aliphatic rings. The Kier molecular flexibility index (Phi) is 2.70. The van der Waals surface area contributed by atoms with Crippen molar-refractivity contribution >= 4 is 22.5 Å². The summed E-state index contributed by atoms with van der Waals surface area (Å²) >= 11 is 0. The van der Waals surface area contributed by atoms with Crippen LogP contribution in [0.3, 0.4) is 0 Å². The van der Waals surface area contributed by atoms with E-state index in [-0.39, 0.29) is 17.1 Å². The summed E-state index contributed by atoms with van der Waals surface area (Å²) in [5.41, 5.74) is -0.0292. The Labute approximate surface area is 142 Å². The molecule has 0 unspecified atom stereocenters. The first-order valence-electron chi connectivity index (χ1n) is 8.34. The molecule has 0 N–H and O–H groups in total. The summed E-state index contributed by atoms with van der Waals surface area (Å²) < 4.78 is 1.35. The van der Waals surface area contributed by atoms with Crippen molar-refractivity contribution < 1.29 is 9.59 Å². The van der Waals surface area contributed by atoms with Crippen molar-refractivity contribution in [2.24, 2.45) is 0 Å². The van der Waals surface area contributed by atoms with Crippen LogP contribution in [0.2, 0.25) is 0 Å². The Bertz CT molecular complexity index is 1130. The molecule has 1 spiro atoms. The van der Waals surface area contributed by atoms with E-state index in [1.165, 1.54) is 4.57 Å². The Balaban J connectivity index is 2.02. The van der Waals surface area contributed by atoms with Gasteiger partial charge in [-0.25, -0.2) is 4.98 Å². The number of nitrogens with zero attached hydrogens (tertiary/aromatic N) is 2. The summed E-state index contributed by atoms with van der Waals surface area (Å²) in [6, 6.07) is 14.3. The first kappa shape index (κ1) is 14.3. The molecule has 5 heteroatoms. The molecule has 5 rings (SSSR count). The van der Waals surface area contributed by atoms with Crippen LogP contribution in [0.1, 0.15) is 24.8 Å². The highest BCUT2D eigenvalue weighted by Gasteiger charge is 2.56. The molecule has 0 saturated heterocycles. The van der Waals surface area contributed by atoms with Crippen LogP contribution in [-0.2, 0) is 15.1 Å². The van der Waals surface area contributed by atoms with Crippen molar-refractivity contribution in [1.29, 1.82) is 0 Å². The van der Waals surface area contributed by atoms with Crippen molar-refractivity contribution in [3.63, 3.8) is 0 Å². The van der Waals surface area contributed by atoms with Gasteiger partial charge in [-0.2, -0.15) is 0 Å². The van der Waals surface area contributed by atoms with Gasteiger partial charge in [-0.15, -0.1) is 0 Å². The maximum absolute atomic E-state index is 13.3. The number of hydrogen-bond donors (Lipinski definition) is 0. The second-order valence-electron chi connectivity index (χ2n) is 6.55. The number of carbonyl (C=O) groups is 2. The molecule has 0 bridgehead atoms. The zero-order valence-corrected chi connectivity index (χ0v) is 13.4. The van der Waals surface area contributed by atoms with E-state index in [2.05, 4.69) is 4.98 Å². The number of fused-ring (bicyclic) bond motifs is 6. The predicted octanol–water partition coefficient (Wildman–Crippen LogP) is 2.44. The SMILES string of the molecule is O=C1CCCC(=O)C12c1ccccc1-c1nc3ccccc3c(=O)n12. The number of carbonyl (C=O) groups excluding carboxylic acids is 2. The zero-order chi connectivity index (χ0) is 17.2. The summed E-state index contributed by atoms with van der Waals surface area (Å²) in [6.45, 7) is 0. The van der Waals surface area contributed by atoms with Gasteiger partial charge in [0.1, 0.15) is 5.82 Å². The van der Waals surface area contributed by atoms with Crippen LogP contribution in [0.5, 0.6) is 0 Å². The smallest absolute Gasteiger partial charge is 0.263 e. The maximum atomic E-state index is 13.3. The number of ketones is 2. The fourth-order valence-corrected chi connectivity index (χ4v) is 4.22. The van der Waals surface area contributed by atoms with Crippen molar-refractivity contribution in [3.05, 3.63) is 64.4 Å². The van der Waals surface area contributed by atoms with Crippen molar-refractivity contribution in [2.75, 3.05) is 0 Å². The quantitative estimate of drug-likeness (QED) is 0.594. The van der Waals surface area contributed by atoms with Crippen LogP contribution in [0.25, 0.3) is 22.3 Å². The molecule has 3 aromatic rings. The molecule has 0 radical (unpaired) electrons. The molecule has 0 atom stereocenters. The average molecular weight is 330 g/mol. The molecule has 1 aliphatic heterocycles. The molecule has 1 fully saturated rings. The predicted molar refractivity (Wildman–Crippen MR) is 92.4 cm³/mol. The molecule has 1 aromatic heterocycles. The van der Waals surface area contributed by atoms with E-state index in [9.17, 15) is 14.4 Å². The Morgan fingerprint density at radius 1 is 0.880 bits per heavy atom. The molecule has 1 saturated carbocycles. The van der Waals surface area contributed by atoms with Crippen LogP contribution >= 0.6 is 0 Å². The van der Waals surface area contributed by atoms with Crippen LogP contribution < -0.4 is 5.56 Å². The highest BCUT2D eigenvalue weighted by molar-refractivity contribution is 6.17. The number of benzene rings is 2. The monoisotopic (exact) mass is 330 g/mol. The molecular weight excluding hydrogens is 316 g/mol. The summed E-state index contributed by atoms with van der Waals surface area (Å²) in [5, 5.41) is 0.421. The van der Waals surface area contributed by atoms with Crippen molar-refractivity contribution in [2.45, 2.75) is 24.8 Å². The number of hydrogen-bond acceptors (Lipinski definition) is 4.